The van der Waals surface area contributed by atoms with Crippen molar-refractivity contribution < 1.29 is 19.4 Å². The van der Waals surface area contributed by atoms with Crippen molar-refractivity contribution in [3.05, 3.63) is 11.8 Å². The Morgan fingerprint density at radius 2 is 2.42 bits per heavy atom. The van der Waals surface area contributed by atoms with Gasteiger partial charge in [0.05, 0.1) is 12.7 Å². The first-order valence-corrected chi connectivity index (χ1v) is 3.95. The summed E-state index contributed by atoms with van der Waals surface area (Å²) in [5, 5.41) is 9.41. The first-order valence-electron chi connectivity index (χ1n) is 3.95. The number of hydrogen-bond donors (Lipinski definition) is 1. The summed E-state index contributed by atoms with van der Waals surface area (Å²) in [4.78, 5) is 10.8. The van der Waals surface area contributed by atoms with Crippen LogP contribution >= 0.6 is 0 Å². The predicted octanol–water partition coefficient (Wildman–Crippen LogP) is 0.534. The average Bonchev–Trinajstić information content (AvgIpc) is 2.29. The number of aliphatic hydroxyl groups is 1. The minimum atomic E-state index is -0.852. The van der Waals surface area contributed by atoms with Crippen molar-refractivity contribution >= 4 is 5.97 Å². The van der Waals surface area contributed by atoms with Gasteiger partial charge in [-0.3, -0.25) is 0 Å². The van der Waals surface area contributed by atoms with Crippen LogP contribution in [0, 0.1) is 0 Å². The van der Waals surface area contributed by atoms with Gasteiger partial charge in [0, 0.05) is 6.61 Å². The molecule has 1 atom stereocenters. The highest BCUT2D eigenvalue weighted by Gasteiger charge is 2.45. The summed E-state index contributed by atoms with van der Waals surface area (Å²) in [5.41, 5.74) is -0.852. The van der Waals surface area contributed by atoms with E-state index < -0.39 is 11.6 Å². The summed E-state index contributed by atoms with van der Waals surface area (Å²) in [6.07, 6.45) is 2.58. The number of carbonyl (C=O) groups is 1. The van der Waals surface area contributed by atoms with Crippen LogP contribution in [0.15, 0.2) is 11.8 Å². The highest BCUT2D eigenvalue weighted by Crippen LogP contribution is 2.33. The molecule has 1 N–H and O–H groups in total. The van der Waals surface area contributed by atoms with Crippen LogP contribution in [0.2, 0.25) is 0 Å². The zero-order chi connectivity index (χ0) is 8.60. The molecule has 4 nitrogen and oxygen atoms in total. The molecule has 4 heteroatoms. The molecule has 1 fully saturated rings. The van der Waals surface area contributed by atoms with Gasteiger partial charge in [-0.2, -0.15) is 0 Å². The highest BCUT2D eigenvalue weighted by molar-refractivity contribution is 5.86. The maximum atomic E-state index is 10.8. The zero-order valence-electron chi connectivity index (χ0n) is 6.58. The van der Waals surface area contributed by atoms with Crippen LogP contribution in [0.4, 0.5) is 0 Å². The molecule has 2 heterocycles. The Bertz CT molecular complexity index is 237. The Kier molecular flexibility index (Phi) is 1.58. The van der Waals surface area contributed by atoms with Crippen LogP contribution in [-0.4, -0.2) is 29.9 Å². The smallest absolute Gasteiger partial charge is 0.335 e. The van der Waals surface area contributed by atoms with Crippen LogP contribution in [-0.2, 0) is 14.3 Å². The summed E-state index contributed by atoms with van der Waals surface area (Å²) < 4.78 is 10.1. The minimum absolute atomic E-state index is 0.00667. The first-order chi connectivity index (χ1) is 5.73. The van der Waals surface area contributed by atoms with Crippen molar-refractivity contribution in [1.29, 1.82) is 0 Å². The number of carbonyl (C=O) groups excluding carboxylic acids is 1. The molecular weight excluding hydrogens is 160 g/mol. The molecule has 66 valence electrons. The van der Waals surface area contributed by atoms with Crippen LogP contribution in [0.3, 0.4) is 0 Å². The van der Waals surface area contributed by atoms with Crippen molar-refractivity contribution in [3.63, 3.8) is 0 Å². The molecule has 2 aliphatic heterocycles. The lowest BCUT2D eigenvalue weighted by Crippen LogP contribution is -2.41. The molecule has 0 amide bonds. The van der Waals surface area contributed by atoms with E-state index in [-0.39, 0.29) is 12.4 Å². The fourth-order valence-corrected chi connectivity index (χ4v) is 1.57. The summed E-state index contributed by atoms with van der Waals surface area (Å²) in [6, 6.07) is 0. The van der Waals surface area contributed by atoms with Crippen LogP contribution in [0.1, 0.15) is 12.8 Å². The summed E-state index contributed by atoms with van der Waals surface area (Å²) >= 11 is 0. The fourth-order valence-electron chi connectivity index (χ4n) is 1.57. The normalized spacial score (nSPS) is 35.0. The van der Waals surface area contributed by atoms with Gasteiger partial charge in [-0.05, 0) is 12.8 Å². The Morgan fingerprint density at radius 1 is 1.58 bits per heavy atom. The van der Waals surface area contributed by atoms with E-state index in [9.17, 15) is 9.90 Å². The van der Waals surface area contributed by atoms with Crippen LogP contribution in [0.25, 0.3) is 0 Å². The summed E-state index contributed by atoms with van der Waals surface area (Å²) in [5.74, 6) is -0.467. The first kappa shape index (κ1) is 7.61. The van der Waals surface area contributed by atoms with Gasteiger partial charge in [-0.25, -0.2) is 4.79 Å². The number of esters is 1. The molecule has 0 aliphatic carbocycles. The molecule has 0 radical (unpaired) electrons. The molecule has 1 saturated heterocycles. The Labute approximate surface area is 69.8 Å². The molecule has 1 unspecified atom stereocenters. The van der Waals surface area contributed by atoms with Gasteiger partial charge in [-0.1, -0.05) is 0 Å². The lowest BCUT2D eigenvalue weighted by molar-refractivity contribution is -0.159. The average molecular weight is 170 g/mol. The van der Waals surface area contributed by atoms with E-state index in [2.05, 4.69) is 0 Å². The number of ether oxygens (including phenoxy) is 2. The lowest BCUT2D eigenvalue weighted by Gasteiger charge is -2.31. The van der Waals surface area contributed by atoms with Gasteiger partial charge < -0.3 is 14.6 Å². The predicted molar refractivity (Wildman–Crippen MR) is 39.6 cm³/mol. The maximum Gasteiger partial charge on any atom is 0.335 e. The SMILES string of the molecule is O=C1C=C(O)C2(CCCOC2)O1. The second-order valence-corrected chi connectivity index (χ2v) is 3.10. The van der Waals surface area contributed by atoms with Crippen LogP contribution in [0.5, 0.6) is 0 Å². The molecule has 2 rings (SSSR count). The maximum absolute atomic E-state index is 10.8. The third kappa shape index (κ3) is 0.992. The molecule has 1 spiro atoms. The van der Waals surface area contributed by atoms with Crippen molar-refractivity contribution in [2.75, 3.05) is 13.2 Å². The molecule has 0 aromatic carbocycles. The van der Waals surface area contributed by atoms with Gasteiger partial charge in [0.1, 0.15) is 5.76 Å². The highest BCUT2D eigenvalue weighted by atomic mass is 16.6. The van der Waals surface area contributed by atoms with Crippen molar-refractivity contribution in [2.24, 2.45) is 0 Å². The fraction of sp³-hybridized carbons (Fsp3) is 0.625. The van der Waals surface area contributed by atoms with Crippen LogP contribution < -0.4 is 0 Å². The topological polar surface area (TPSA) is 55.8 Å². The van der Waals surface area contributed by atoms with E-state index in [0.29, 0.717) is 13.0 Å². The quantitative estimate of drug-likeness (QED) is 0.539. The number of hydrogen-bond acceptors (Lipinski definition) is 4. The molecule has 0 saturated carbocycles. The number of aliphatic hydroxyl groups excluding tert-OH is 1. The molecular formula is C8H10O4. The third-order valence-corrected chi connectivity index (χ3v) is 2.22. The third-order valence-electron chi connectivity index (χ3n) is 2.22. The second-order valence-electron chi connectivity index (χ2n) is 3.10. The van der Waals surface area contributed by atoms with Crippen molar-refractivity contribution in [1.82, 2.24) is 0 Å². The van der Waals surface area contributed by atoms with Gasteiger partial charge in [0.15, 0.2) is 5.60 Å². The number of rotatable bonds is 0. The second kappa shape index (κ2) is 2.48. The lowest BCUT2D eigenvalue weighted by atomic mass is 9.95. The minimum Gasteiger partial charge on any atom is -0.508 e. The van der Waals surface area contributed by atoms with Crippen molar-refractivity contribution in [3.8, 4) is 0 Å². The monoisotopic (exact) mass is 170 g/mol. The molecule has 0 aromatic heterocycles. The standard InChI is InChI=1S/C8H10O4/c9-6-4-7(10)12-8(6)2-1-3-11-5-8/h4,9H,1-3,5H2. The zero-order valence-corrected chi connectivity index (χ0v) is 6.58. The molecule has 12 heavy (non-hydrogen) atoms. The van der Waals surface area contributed by atoms with Gasteiger partial charge in [0.2, 0.25) is 0 Å². The molecule has 0 aromatic rings. The summed E-state index contributed by atoms with van der Waals surface area (Å²) in [6.45, 7) is 0.952. The summed E-state index contributed by atoms with van der Waals surface area (Å²) in [7, 11) is 0. The van der Waals surface area contributed by atoms with Gasteiger partial charge in [0.25, 0.3) is 0 Å². The Hall–Kier alpha value is -1.03. The van der Waals surface area contributed by atoms with E-state index >= 15 is 0 Å². The molecule has 0 bridgehead atoms. The van der Waals surface area contributed by atoms with Crippen molar-refractivity contribution in [2.45, 2.75) is 18.4 Å². The Balaban J connectivity index is 2.21. The Morgan fingerprint density at radius 3 is 2.92 bits per heavy atom. The van der Waals surface area contributed by atoms with Gasteiger partial charge >= 0.3 is 5.97 Å². The van der Waals surface area contributed by atoms with E-state index in [1.54, 1.807) is 0 Å². The van der Waals surface area contributed by atoms with E-state index in [0.717, 1.165) is 12.5 Å². The largest absolute Gasteiger partial charge is 0.508 e. The van der Waals surface area contributed by atoms with Gasteiger partial charge in [-0.15, -0.1) is 0 Å². The van der Waals surface area contributed by atoms with E-state index in [1.165, 1.54) is 0 Å². The van der Waals surface area contributed by atoms with E-state index in [4.69, 9.17) is 9.47 Å². The molecule has 2 aliphatic rings. The van der Waals surface area contributed by atoms with E-state index in [1.807, 2.05) is 0 Å².